The smallest absolute Gasteiger partial charge is 0.328 e. The molecule has 3 N–H and O–H groups in total. The molecule has 8 heteroatoms. The third-order valence-electron chi connectivity index (χ3n) is 2.53. The standard InChI is InChI=1S/C8H10N4O4/c1-11-4-3(7(15)12(2)8(11)16)9-5(13)6(14)10-4/h4,15H,1-2H3,(H,9,13)(H,10,14). The van der Waals surface area contributed by atoms with Crippen LogP contribution in [-0.4, -0.2) is 53.0 Å². The second-order valence-corrected chi connectivity index (χ2v) is 3.52. The number of hydrogen-bond donors (Lipinski definition) is 3. The van der Waals surface area contributed by atoms with Gasteiger partial charge in [0.15, 0.2) is 6.17 Å². The van der Waals surface area contributed by atoms with Gasteiger partial charge in [0.1, 0.15) is 5.70 Å². The highest BCUT2D eigenvalue weighted by Gasteiger charge is 2.42. The Bertz CT molecular complexity index is 430. The summed E-state index contributed by atoms with van der Waals surface area (Å²) in [5, 5.41) is 14.2. The van der Waals surface area contributed by atoms with Gasteiger partial charge in [-0.2, -0.15) is 0 Å². The fourth-order valence-corrected chi connectivity index (χ4v) is 1.60. The summed E-state index contributed by atoms with van der Waals surface area (Å²) in [7, 11) is 2.81. The summed E-state index contributed by atoms with van der Waals surface area (Å²) in [6, 6.07) is -0.484. The van der Waals surface area contributed by atoms with Gasteiger partial charge in [-0.05, 0) is 0 Å². The molecule has 0 aliphatic carbocycles. The lowest BCUT2D eigenvalue weighted by Crippen LogP contribution is -2.65. The Morgan fingerprint density at radius 1 is 1.19 bits per heavy atom. The molecule has 1 unspecified atom stereocenters. The number of rotatable bonds is 0. The van der Waals surface area contributed by atoms with E-state index in [1.807, 2.05) is 0 Å². The Morgan fingerprint density at radius 3 is 2.44 bits per heavy atom. The van der Waals surface area contributed by atoms with Crippen LogP contribution in [0, 0.1) is 0 Å². The molecule has 86 valence electrons. The highest BCUT2D eigenvalue weighted by Crippen LogP contribution is 2.20. The summed E-state index contributed by atoms with van der Waals surface area (Å²) >= 11 is 0. The average Bonchev–Trinajstić information content (AvgIpc) is 2.26. The summed E-state index contributed by atoms with van der Waals surface area (Å²) in [6.45, 7) is 0. The molecule has 8 nitrogen and oxygen atoms in total. The highest BCUT2D eigenvalue weighted by molar-refractivity contribution is 6.36. The number of urea groups is 1. The number of nitrogens with one attached hydrogen (secondary N) is 2. The molecule has 1 saturated heterocycles. The van der Waals surface area contributed by atoms with E-state index in [-0.39, 0.29) is 11.6 Å². The highest BCUT2D eigenvalue weighted by atomic mass is 16.3. The van der Waals surface area contributed by atoms with Crippen LogP contribution in [0.4, 0.5) is 4.79 Å². The van der Waals surface area contributed by atoms with E-state index in [9.17, 15) is 19.5 Å². The van der Waals surface area contributed by atoms with Crippen molar-refractivity contribution < 1.29 is 19.5 Å². The quantitative estimate of drug-likeness (QED) is 0.428. The van der Waals surface area contributed by atoms with E-state index in [1.54, 1.807) is 0 Å². The molecule has 0 aromatic rings. The molecule has 0 bridgehead atoms. The summed E-state index contributed by atoms with van der Waals surface area (Å²) in [5.41, 5.74) is 0.0919. The van der Waals surface area contributed by atoms with E-state index in [1.165, 1.54) is 19.0 Å². The van der Waals surface area contributed by atoms with E-state index < -0.39 is 24.0 Å². The van der Waals surface area contributed by atoms with Crippen LogP contribution in [0.1, 0.15) is 0 Å². The van der Waals surface area contributed by atoms with Crippen LogP contribution in [-0.2, 0) is 9.59 Å². The number of piperazine rings is 1. The fraction of sp³-hybridized carbons (Fsp3) is 0.375. The molecule has 2 rings (SSSR count). The molecule has 1 fully saturated rings. The van der Waals surface area contributed by atoms with Crippen molar-refractivity contribution in [3.8, 4) is 0 Å². The van der Waals surface area contributed by atoms with Gasteiger partial charge in [0, 0.05) is 14.1 Å². The molecule has 16 heavy (non-hydrogen) atoms. The molecule has 0 radical (unpaired) electrons. The molecule has 0 aromatic carbocycles. The monoisotopic (exact) mass is 226 g/mol. The third-order valence-corrected chi connectivity index (χ3v) is 2.53. The largest absolute Gasteiger partial charge is 0.493 e. The van der Waals surface area contributed by atoms with Gasteiger partial charge in [-0.25, -0.2) is 4.79 Å². The lowest BCUT2D eigenvalue weighted by molar-refractivity contribution is -0.141. The normalized spacial score (nSPS) is 25.4. The van der Waals surface area contributed by atoms with Gasteiger partial charge in [-0.3, -0.25) is 14.5 Å². The van der Waals surface area contributed by atoms with Crippen LogP contribution >= 0.6 is 0 Å². The molecule has 2 aliphatic heterocycles. The Morgan fingerprint density at radius 2 is 1.81 bits per heavy atom. The van der Waals surface area contributed by atoms with Crippen LogP contribution in [0.25, 0.3) is 0 Å². The van der Waals surface area contributed by atoms with Gasteiger partial charge in [0.2, 0.25) is 5.88 Å². The molecule has 0 spiro atoms. The Labute approximate surface area is 90.5 Å². The molecule has 0 aromatic heterocycles. The van der Waals surface area contributed by atoms with Crippen LogP contribution in [0.5, 0.6) is 0 Å². The van der Waals surface area contributed by atoms with E-state index in [0.717, 1.165) is 4.90 Å². The zero-order chi connectivity index (χ0) is 12.0. The summed E-state index contributed by atoms with van der Waals surface area (Å²) in [6.07, 6.45) is -0.839. The minimum atomic E-state index is -0.867. The zero-order valence-corrected chi connectivity index (χ0v) is 8.64. The summed E-state index contributed by atoms with van der Waals surface area (Å²) < 4.78 is 0. The number of aliphatic hydroxyl groups is 1. The van der Waals surface area contributed by atoms with Crippen molar-refractivity contribution in [3.63, 3.8) is 0 Å². The lowest BCUT2D eigenvalue weighted by atomic mass is 10.2. The first-order valence-electron chi connectivity index (χ1n) is 4.49. The van der Waals surface area contributed by atoms with Gasteiger partial charge >= 0.3 is 17.8 Å². The maximum atomic E-state index is 11.6. The number of carbonyl (C=O) groups is 3. The van der Waals surface area contributed by atoms with Crippen molar-refractivity contribution in [2.24, 2.45) is 0 Å². The lowest BCUT2D eigenvalue weighted by Gasteiger charge is -2.40. The average molecular weight is 226 g/mol. The first-order valence-corrected chi connectivity index (χ1v) is 4.49. The molecule has 2 aliphatic rings. The topological polar surface area (TPSA) is 102 Å². The molecule has 2 heterocycles. The molecule has 1 atom stereocenters. The number of nitrogens with zero attached hydrogens (tertiary/aromatic N) is 2. The molecule has 4 amide bonds. The molecule has 0 saturated carbocycles. The third kappa shape index (κ3) is 1.19. The fourth-order valence-electron chi connectivity index (χ4n) is 1.60. The van der Waals surface area contributed by atoms with Crippen LogP contribution in [0.2, 0.25) is 0 Å². The SMILES string of the molecule is CN1C(=O)N(C)C2NC(=O)C(=O)NC2=C1O. The number of aliphatic hydroxyl groups excluding tert-OH is 1. The van der Waals surface area contributed by atoms with Crippen molar-refractivity contribution in [2.45, 2.75) is 6.17 Å². The predicted octanol–water partition coefficient (Wildman–Crippen LogP) is -1.72. The van der Waals surface area contributed by atoms with Crippen LogP contribution in [0.15, 0.2) is 11.6 Å². The summed E-state index contributed by atoms with van der Waals surface area (Å²) in [4.78, 5) is 36.0. The number of fused-ring (bicyclic) bond motifs is 1. The van der Waals surface area contributed by atoms with E-state index >= 15 is 0 Å². The first kappa shape index (κ1) is 10.3. The maximum absolute atomic E-state index is 11.6. The Hall–Kier alpha value is -2.25. The van der Waals surface area contributed by atoms with E-state index in [2.05, 4.69) is 10.6 Å². The number of hydrogen-bond acceptors (Lipinski definition) is 4. The van der Waals surface area contributed by atoms with E-state index in [0.29, 0.717) is 0 Å². The van der Waals surface area contributed by atoms with Gasteiger partial charge < -0.3 is 20.6 Å². The van der Waals surface area contributed by atoms with Gasteiger partial charge in [0.25, 0.3) is 0 Å². The van der Waals surface area contributed by atoms with Gasteiger partial charge in [0.05, 0.1) is 0 Å². The zero-order valence-electron chi connectivity index (χ0n) is 8.64. The van der Waals surface area contributed by atoms with Gasteiger partial charge in [-0.1, -0.05) is 0 Å². The molecular weight excluding hydrogens is 216 g/mol. The van der Waals surface area contributed by atoms with Crippen LogP contribution in [0.3, 0.4) is 0 Å². The second-order valence-electron chi connectivity index (χ2n) is 3.52. The maximum Gasteiger partial charge on any atom is 0.328 e. The Kier molecular flexibility index (Phi) is 2.00. The Balaban J connectivity index is 2.46. The summed E-state index contributed by atoms with van der Waals surface area (Å²) in [5.74, 6) is -2.08. The van der Waals surface area contributed by atoms with Gasteiger partial charge in [-0.15, -0.1) is 0 Å². The minimum absolute atomic E-state index is 0.0919. The van der Waals surface area contributed by atoms with Crippen molar-refractivity contribution in [1.29, 1.82) is 0 Å². The minimum Gasteiger partial charge on any atom is -0.493 e. The number of likely N-dealkylation sites (N-methyl/N-ethyl adjacent to an activating group) is 1. The van der Waals surface area contributed by atoms with Crippen molar-refractivity contribution in [3.05, 3.63) is 11.6 Å². The number of carbonyl (C=O) groups excluding carboxylic acids is 3. The number of amides is 4. The first-order chi connectivity index (χ1) is 7.43. The van der Waals surface area contributed by atoms with Crippen LogP contribution < -0.4 is 10.6 Å². The van der Waals surface area contributed by atoms with Crippen molar-refractivity contribution in [1.82, 2.24) is 20.4 Å². The molecular formula is C8H10N4O4. The van der Waals surface area contributed by atoms with Crippen molar-refractivity contribution >= 4 is 17.8 Å². The van der Waals surface area contributed by atoms with E-state index in [4.69, 9.17) is 0 Å². The van der Waals surface area contributed by atoms with Crippen molar-refractivity contribution in [2.75, 3.05) is 14.1 Å². The predicted molar refractivity (Wildman–Crippen MR) is 50.7 cm³/mol. The second kappa shape index (κ2) is 3.12.